The van der Waals surface area contributed by atoms with Crippen LogP contribution in [0.4, 0.5) is 13.2 Å². The molecule has 33 heavy (non-hydrogen) atoms. The molecule has 0 atom stereocenters. The summed E-state index contributed by atoms with van der Waals surface area (Å²) in [4.78, 5) is 4.64. The second kappa shape index (κ2) is 9.10. The third kappa shape index (κ3) is 5.08. The lowest BCUT2D eigenvalue weighted by atomic mass is 10.0. The maximum atomic E-state index is 12.8. The van der Waals surface area contributed by atoms with Gasteiger partial charge in [-0.15, -0.1) is 0 Å². The van der Waals surface area contributed by atoms with Crippen LogP contribution >= 0.6 is 0 Å². The molecule has 4 nitrogen and oxygen atoms in total. The summed E-state index contributed by atoms with van der Waals surface area (Å²) in [7, 11) is 0. The zero-order valence-electron chi connectivity index (χ0n) is 18.5. The first-order valence-corrected chi connectivity index (χ1v) is 10.5. The first-order chi connectivity index (χ1) is 15.7. The molecule has 0 saturated heterocycles. The molecule has 7 heteroatoms. The van der Waals surface area contributed by atoms with Gasteiger partial charge >= 0.3 is 6.18 Å². The minimum Gasteiger partial charge on any atom is -0.488 e. The number of aryl methyl sites for hydroxylation is 2. The fraction of sp³-hybridized carbons (Fsp3) is 0.231. The van der Waals surface area contributed by atoms with Gasteiger partial charge in [0.2, 0.25) is 0 Å². The van der Waals surface area contributed by atoms with E-state index in [0.717, 1.165) is 46.0 Å². The molecule has 4 rings (SSSR count). The van der Waals surface area contributed by atoms with Crippen LogP contribution in [0.25, 0.3) is 11.3 Å². The fourth-order valence-corrected chi connectivity index (χ4v) is 3.63. The molecule has 0 radical (unpaired) electrons. The first-order valence-electron chi connectivity index (χ1n) is 10.5. The Morgan fingerprint density at radius 2 is 1.61 bits per heavy atom. The van der Waals surface area contributed by atoms with Crippen molar-refractivity contribution in [2.24, 2.45) is 0 Å². The number of benzene rings is 2. The molecule has 170 valence electrons. The molecular formula is C26H23F3N2O2. The Bertz CT molecular complexity index is 1250. The van der Waals surface area contributed by atoms with Crippen molar-refractivity contribution < 1.29 is 22.4 Å². The molecule has 0 saturated carbocycles. The zero-order valence-corrected chi connectivity index (χ0v) is 18.5. The van der Waals surface area contributed by atoms with E-state index in [1.165, 1.54) is 12.1 Å². The molecule has 0 amide bonds. The lowest BCUT2D eigenvalue weighted by Gasteiger charge is -2.17. The number of rotatable bonds is 6. The Labute approximate surface area is 190 Å². The van der Waals surface area contributed by atoms with E-state index in [4.69, 9.17) is 9.26 Å². The van der Waals surface area contributed by atoms with Gasteiger partial charge in [0.15, 0.2) is 5.76 Å². The zero-order chi connectivity index (χ0) is 23.6. The molecule has 2 heterocycles. The smallest absolute Gasteiger partial charge is 0.416 e. The summed E-state index contributed by atoms with van der Waals surface area (Å²) in [5.74, 6) is 1.17. The van der Waals surface area contributed by atoms with Crippen LogP contribution < -0.4 is 4.74 Å². The van der Waals surface area contributed by atoms with E-state index in [2.05, 4.69) is 10.1 Å². The summed E-state index contributed by atoms with van der Waals surface area (Å²) >= 11 is 0. The van der Waals surface area contributed by atoms with E-state index in [-0.39, 0.29) is 0 Å². The highest BCUT2D eigenvalue weighted by molar-refractivity contribution is 5.58. The van der Waals surface area contributed by atoms with Crippen LogP contribution in [0.3, 0.4) is 0 Å². The highest BCUT2D eigenvalue weighted by Crippen LogP contribution is 2.33. The normalized spacial score (nSPS) is 11.6. The minimum atomic E-state index is -4.38. The van der Waals surface area contributed by atoms with E-state index >= 15 is 0 Å². The van der Waals surface area contributed by atoms with Crippen LogP contribution in [0.15, 0.2) is 65.2 Å². The van der Waals surface area contributed by atoms with Gasteiger partial charge in [0.25, 0.3) is 0 Å². The van der Waals surface area contributed by atoms with Crippen LogP contribution in [0, 0.1) is 20.8 Å². The second-order valence-electron chi connectivity index (χ2n) is 7.92. The summed E-state index contributed by atoms with van der Waals surface area (Å²) in [6.45, 7) is 6.27. The van der Waals surface area contributed by atoms with Crippen LogP contribution in [-0.2, 0) is 19.2 Å². The summed E-state index contributed by atoms with van der Waals surface area (Å²) < 4.78 is 50.1. The Kier molecular flexibility index (Phi) is 6.22. The largest absolute Gasteiger partial charge is 0.488 e. The maximum absolute atomic E-state index is 12.8. The third-order valence-corrected chi connectivity index (χ3v) is 5.57. The van der Waals surface area contributed by atoms with E-state index in [1.54, 1.807) is 6.07 Å². The van der Waals surface area contributed by atoms with Crippen molar-refractivity contribution in [1.82, 2.24) is 10.1 Å². The van der Waals surface area contributed by atoms with Crippen LogP contribution in [-0.4, -0.2) is 10.1 Å². The van der Waals surface area contributed by atoms with Gasteiger partial charge in [-0.25, -0.2) is 0 Å². The van der Waals surface area contributed by atoms with Gasteiger partial charge in [-0.05, 0) is 38.5 Å². The number of nitrogens with zero attached hydrogens (tertiary/aromatic N) is 2. The SMILES string of the molecule is Cc1nc(C)c(Cc2cc(-c3ccc(C(F)(F)F)cc3)on2)c(OCc2ccccc2)c1C. The molecule has 0 fully saturated rings. The number of alkyl halides is 3. The Balaban J connectivity index is 1.59. The van der Waals surface area contributed by atoms with Gasteiger partial charge in [-0.2, -0.15) is 13.2 Å². The molecule has 0 aliphatic heterocycles. The van der Waals surface area contributed by atoms with Crippen molar-refractivity contribution in [3.05, 3.63) is 100.0 Å². The Morgan fingerprint density at radius 3 is 2.27 bits per heavy atom. The Hall–Kier alpha value is -3.61. The summed E-state index contributed by atoms with van der Waals surface area (Å²) in [6.07, 6.45) is -3.96. The summed E-state index contributed by atoms with van der Waals surface area (Å²) in [5, 5.41) is 4.13. The molecule has 2 aromatic carbocycles. The predicted octanol–water partition coefficient (Wildman–Crippen LogP) is 6.85. The van der Waals surface area contributed by atoms with Crippen LogP contribution in [0.2, 0.25) is 0 Å². The molecule has 2 aromatic heterocycles. The number of hydrogen-bond acceptors (Lipinski definition) is 4. The van der Waals surface area contributed by atoms with E-state index in [0.29, 0.717) is 30.0 Å². The van der Waals surface area contributed by atoms with Gasteiger partial charge in [0.1, 0.15) is 12.4 Å². The molecular weight excluding hydrogens is 429 g/mol. The van der Waals surface area contributed by atoms with Crippen molar-refractivity contribution in [2.75, 3.05) is 0 Å². The highest BCUT2D eigenvalue weighted by Gasteiger charge is 2.30. The molecule has 0 unspecified atom stereocenters. The van der Waals surface area contributed by atoms with Gasteiger partial charge in [0.05, 0.1) is 11.3 Å². The highest BCUT2D eigenvalue weighted by atomic mass is 19.4. The van der Waals surface area contributed by atoms with Crippen molar-refractivity contribution in [3.8, 4) is 17.1 Å². The van der Waals surface area contributed by atoms with Crippen molar-refractivity contribution in [3.63, 3.8) is 0 Å². The summed E-state index contributed by atoms with van der Waals surface area (Å²) in [5.41, 5.74) is 5.10. The lowest BCUT2D eigenvalue weighted by molar-refractivity contribution is -0.137. The number of ether oxygens (including phenoxy) is 1. The van der Waals surface area contributed by atoms with Gasteiger partial charge < -0.3 is 9.26 Å². The Morgan fingerprint density at radius 1 is 0.909 bits per heavy atom. The average molecular weight is 452 g/mol. The molecule has 4 aromatic rings. The molecule has 0 N–H and O–H groups in total. The predicted molar refractivity (Wildman–Crippen MR) is 119 cm³/mol. The topological polar surface area (TPSA) is 48.2 Å². The fourth-order valence-electron chi connectivity index (χ4n) is 3.63. The van der Waals surface area contributed by atoms with E-state index in [1.807, 2.05) is 51.1 Å². The van der Waals surface area contributed by atoms with Gasteiger partial charge in [0, 0.05) is 40.6 Å². The van der Waals surface area contributed by atoms with Crippen LogP contribution in [0.5, 0.6) is 5.75 Å². The quantitative estimate of drug-likeness (QED) is 0.321. The monoisotopic (exact) mass is 452 g/mol. The summed E-state index contributed by atoms with van der Waals surface area (Å²) in [6, 6.07) is 16.5. The molecule has 0 spiro atoms. The van der Waals surface area contributed by atoms with Crippen LogP contribution in [0.1, 0.15) is 39.3 Å². The number of pyridine rings is 1. The maximum Gasteiger partial charge on any atom is 0.416 e. The lowest BCUT2D eigenvalue weighted by Crippen LogP contribution is -2.07. The first kappa shape index (κ1) is 22.6. The van der Waals surface area contributed by atoms with Crippen molar-refractivity contribution >= 4 is 0 Å². The molecule has 0 aliphatic carbocycles. The van der Waals surface area contributed by atoms with E-state index < -0.39 is 11.7 Å². The number of hydrogen-bond donors (Lipinski definition) is 0. The number of halogens is 3. The van der Waals surface area contributed by atoms with E-state index in [9.17, 15) is 13.2 Å². The number of aromatic nitrogens is 2. The second-order valence-corrected chi connectivity index (χ2v) is 7.92. The van der Waals surface area contributed by atoms with Crippen molar-refractivity contribution in [1.29, 1.82) is 0 Å². The minimum absolute atomic E-state index is 0.403. The third-order valence-electron chi connectivity index (χ3n) is 5.57. The molecule has 0 bridgehead atoms. The average Bonchev–Trinajstić information content (AvgIpc) is 3.26. The van der Waals surface area contributed by atoms with Gasteiger partial charge in [-0.1, -0.05) is 47.6 Å². The van der Waals surface area contributed by atoms with Crippen molar-refractivity contribution in [2.45, 2.75) is 40.0 Å². The van der Waals surface area contributed by atoms with Gasteiger partial charge in [-0.3, -0.25) is 4.98 Å². The molecule has 0 aliphatic rings. The standard InChI is InChI=1S/C26H23F3N2O2/c1-16-17(2)30-18(3)23(25(16)32-15-19-7-5-4-6-8-19)13-22-14-24(33-31-22)20-9-11-21(12-10-20)26(27,28)29/h4-12,14H,13,15H2,1-3H3.